The maximum atomic E-state index is 12.1. The Labute approximate surface area is 125 Å². The molecule has 0 aromatic rings. The number of sulfone groups is 1. The first-order valence-electron chi connectivity index (χ1n) is 6.79. The van der Waals surface area contributed by atoms with Crippen molar-refractivity contribution in [2.24, 2.45) is 0 Å². The molecule has 0 aromatic heterocycles. The number of nitrogens with zero attached hydrogens (tertiary/aromatic N) is 1. The van der Waals surface area contributed by atoms with Crippen LogP contribution >= 0.6 is 11.6 Å². The average molecular weight is 324 g/mol. The molecule has 0 bridgehead atoms. The van der Waals surface area contributed by atoms with Crippen molar-refractivity contribution < 1.29 is 13.2 Å². The van der Waals surface area contributed by atoms with Gasteiger partial charge in [-0.1, -0.05) is 0 Å². The number of alkyl halides is 1. The predicted molar refractivity (Wildman–Crippen MR) is 78.7 cm³/mol. The Bertz CT molecular complexity index is 480. The van der Waals surface area contributed by atoms with Crippen molar-refractivity contribution in [2.75, 3.05) is 37.7 Å². The molecular weight excluding hydrogens is 302 g/mol. The van der Waals surface area contributed by atoms with Gasteiger partial charge in [0.05, 0.1) is 29.5 Å². The van der Waals surface area contributed by atoms with Gasteiger partial charge in [-0.2, -0.15) is 0 Å². The number of rotatable bonds is 3. The van der Waals surface area contributed by atoms with E-state index in [1.54, 1.807) is 0 Å². The number of nitrogens with one attached hydrogen (secondary N) is 2. The summed E-state index contributed by atoms with van der Waals surface area (Å²) in [6.07, 6.45) is 0. The van der Waals surface area contributed by atoms with Crippen LogP contribution in [0.1, 0.15) is 13.8 Å². The molecule has 6 nitrogen and oxygen atoms in total. The fourth-order valence-corrected chi connectivity index (χ4v) is 5.23. The molecule has 2 saturated heterocycles. The minimum atomic E-state index is -3.12. The molecule has 0 aliphatic carbocycles. The molecule has 2 rings (SSSR count). The summed E-state index contributed by atoms with van der Waals surface area (Å²) < 4.78 is 22.9. The topological polar surface area (TPSA) is 78.5 Å². The number of amides is 1. The molecule has 2 aliphatic rings. The van der Waals surface area contributed by atoms with Gasteiger partial charge in [0, 0.05) is 25.2 Å². The molecule has 0 saturated carbocycles. The molecule has 0 spiro atoms. The summed E-state index contributed by atoms with van der Waals surface area (Å²) in [7, 11) is -3.12. The monoisotopic (exact) mass is 323 g/mol. The van der Waals surface area contributed by atoms with E-state index in [-0.39, 0.29) is 29.5 Å². The van der Waals surface area contributed by atoms with Gasteiger partial charge in [0.25, 0.3) is 0 Å². The number of halogens is 1. The summed E-state index contributed by atoms with van der Waals surface area (Å²) in [6, 6.07) is -0.472. The van der Waals surface area contributed by atoms with Crippen LogP contribution in [-0.2, 0) is 14.6 Å². The molecule has 2 heterocycles. The fourth-order valence-electron chi connectivity index (χ4n) is 2.68. The second kappa shape index (κ2) is 5.79. The third-order valence-corrected chi connectivity index (χ3v) is 6.31. The Morgan fingerprint density at radius 3 is 2.70 bits per heavy atom. The molecule has 2 unspecified atom stereocenters. The highest BCUT2D eigenvalue weighted by Crippen LogP contribution is 2.19. The van der Waals surface area contributed by atoms with Crippen LogP contribution in [0.4, 0.5) is 0 Å². The first-order chi connectivity index (χ1) is 9.20. The van der Waals surface area contributed by atoms with E-state index < -0.39 is 21.3 Å². The second-order valence-electron chi connectivity index (χ2n) is 6.18. The zero-order valence-electron chi connectivity index (χ0n) is 11.9. The molecule has 2 aliphatic heterocycles. The zero-order chi connectivity index (χ0) is 15.0. The quantitative estimate of drug-likeness (QED) is 0.664. The SMILES string of the molecule is CC1(C)CNCCN1CC(=O)NC1CS(=O)(=O)CC1Cl. The largest absolute Gasteiger partial charge is 0.350 e. The lowest BCUT2D eigenvalue weighted by atomic mass is 10.0. The van der Waals surface area contributed by atoms with Crippen molar-refractivity contribution in [1.82, 2.24) is 15.5 Å². The van der Waals surface area contributed by atoms with Gasteiger partial charge in [-0.25, -0.2) is 8.42 Å². The first kappa shape index (κ1) is 16.0. The van der Waals surface area contributed by atoms with Crippen LogP contribution in [0.25, 0.3) is 0 Å². The minimum absolute atomic E-state index is 0.0569. The van der Waals surface area contributed by atoms with Crippen molar-refractivity contribution in [3.8, 4) is 0 Å². The first-order valence-corrected chi connectivity index (χ1v) is 9.05. The van der Waals surface area contributed by atoms with Crippen molar-refractivity contribution in [3.63, 3.8) is 0 Å². The van der Waals surface area contributed by atoms with Gasteiger partial charge in [0.1, 0.15) is 0 Å². The van der Waals surface area contributed by atoms with Crippen molar-refractivity contribution in [2.45, 2.75) is 30.8 Å². The third kappa shape index (κ3) is 3.84. The summed E-state index contributed by atoms with van der Waals surface area (Å²) in [4.78, 5) is 14.2. The summed E-state index contributed by atoms with van der Waals surface area (Å²) >= 11 is 5.99. The highest BCUT2D eigenvalue weighted by molar-refractivity contribution is 7.91. The number of hydrogen-bond donors (Lipinski definition) is 2. The van der Waals surface area contributed by atoms with Crippen LogP contribution < -0.4 is 10.6 Å². The third-order valence-electron chi connectivity index (χ3n) is 3.94. The van der Waals surface area contributed by atoms with Gasteiger partial charge >= 0.3 is 0 Å². The minimum Gasteiger partial charge on any atom is -0.350 e. The van der Waals surface area contributed by atoms with E-state index in [9.17, 15) is 13.2 Å². The lowest BCUT2D eigenvalue weighted by Gasteiger charge is -2.42. The number of piperazine rings is 1. The molecule has 2 fully saturated rings. The maximum absolute atomic E-state index is 12.1. The van der Waals surface area contributed by atoms with Crippen LogP contribution in [0.3, 0.4) is 0 Å². The zero-order valence-corrected chi connectivity index (χ0v) is 13.4. The molecule has 8 heteroatoms. The Hall–Kier alpha value is -0.370. The van der Waals surface area contributed by atoms with E-state index in [2.05, 4.69) is 29.4 Å². The second-order valence-corrected chi connectivity index (χ2v) is 8.89. The molecule has 0 radical (unpaired) electrons. The van der Waals surface area contributed by atoms with Crippen LogP contribution in [0.15, 0.2) is 0 Å². The summed E-state index contributed by atoms with van der Waals surface area (Å²) in [5.74, 6) is -0.274. The van der Waals surface area contributed by atoms with Crippen LogP contribution in [-0.4, -0.2) is 73.9 Å². The van der Waals surface area contributed by atoms with E-state index in [4.69, 9.17) is 11.6 Å². The molecular formula is C12H22ClN3O3S. The molecule has 2 N–H and O–H groups in total. The van der Waals surface area contributed by atoms with Gasteiger partial charge in [0.15, 0.2) is 9.84 Å². The van der Waals surface area contributed by atoms with Gasteiger partial charge in [0.2, 0.25) is 5.91 Å². The van der Waals surface area contributed by atoms with Gasteiger partial charge in [-0.15, -0.1) is 11.6 Å². The summed E-state index contributed by atoms with van der Waals surface area (Å²) in [5.41, 5.74) is -0.0856. The molecule has 0 aromatic carbocycles. The smallest absolute Gasteiger partial charge is 0.234 e. The van der Waals surface area contributed by atoms with E-state index in [0.29, 0.717) is 0 Å². The van der Waals surface area contributed by atoms with E-state index in [1.165, 1.54) is 0 Å². The standard InChI is InChI=1S/C12H22ClN3O3S/c1-12(2)8-14-3-4-16(12)5-11(17)15-10-7-20(18,19)6-9(10)13/h9-10,14H,3-8H2,1-2H3,(H,15,17). The number of carbonyl (C=O) groups is 1. The lowest BCUT2D eigenvalue weighted by Crippen LogP contribution is -2.60. The summed E-state index contributed by atoms with van der Waals surface area (Å²) in [5, 5.41) is 5.52. The summed E-state index contributed by atoms with van der Waals surface area (Å²) in [6.45, 7) is 6.92. The van der Waals surface area contributed by atoms with Gasteiger partial charge in [-0.05, 0) is 13.8 Å². The van der Waals surface area contributed by atoms with Crippen LogP contribution in [0.5, 0.6) is 0 Å². The molecule has 116 valence electrons. The fraction of sp³-hybridized carbons (Fsp3) is 0.917. The molecule has 20 heavy (non-hydrogen) atoms. The van der Waals surface area contributed by atoms with E-state index in [1.807, 2.05) is 0 Å². The van der Waals surface area contributed by atoms with Crippen molar-refractivity contribution in [3.05, 3.63) is 0 Å². The predicted octanol–water partition coefficient (Wildman–Crippen LogP) is -0.809. The molecule has 2 atom stereocenters. The Kier molecular flexibility index (Phi) is 4.63. The highest BCUT2D eigenvalue weighted by Gasteiger charge is 2.38. The maximum Gasteiger partial charge on any atom is 0.234 e. The van der Waals surface area contributed by atoms with Crippen molar-refractivity contribution in [1.29, 1.82) is 0 Å². The van der Waals surface area contributed by atoms with Crippen molar-refractivity contribution >= 4 is 27.3 Å². The van der Waals surface area contributed by atoms with Crippen LogP contribution in [0.2, 0.25) is 0 Å². The van der Waals surface area contributed by atoms with E-state index in [0.717, 1.165) is 19.6 Å². The lowest BCUT2D eigenvalue weighted by molar-refractivity contribution is -0.124. The average Bonchev–Trinajstić information content (AvgIpc) is 2.54. The van der Waals surface area contributed by atoms with Gasteiger partial charge in [-0.3, -0.25) is 9.69 Å². The number of carbonyl (C=O) groups excluding carboxylic acids is 1. The Morgan fingerprint density at radius 2 is 2.15 bits per heavy atom. The van der Waals surface area contributed by atoms with Crippen LogP contribution in [0, 0.1) is 0 Å². The Morgan fingerprint density at radius 1 is 1.45 bits per heavy atom. The van der Waals surface area contributed by atoms with E-state index >= 15 is 0 Å². The van der Waals surface area contributed by atoms with Gasteiger partial charge < -0.3 is 10.6 Å². The molecule has 1 amide bonds. The normalized spacial score (nSPS) is 33.0. The Balaban J connectivity index is 1.90. The number of hydrogen-bond acceptors (Lipinski definition) is 5. The highest BCUT2D eigenvalue weighted by atomic mass is 35.5.